The monoisotopic (exact) mass is 424 g/mol. The zero-order valence-electron chi connectivity index (χ0n) is 17.2. The van der Waals surface area contributed by atoms with Crippen LogP contribution in [0.5, 0.6) is 0 Å². The predicted octanol–water partition coefficient (Wildman–Crippen LogP) is 3.35. The third-order valence-corrected chi connectivity index (χ3v) is 5.93. The largest absolute Gasteiger partial charge is 0.455 e. The highest BCUT2D eigenvalue weighted by atomic mass is 19.1. The Balaban J connectivity index is 1.21. The van der Waals surface area contributed by atoms with Gasteiger partial charge in [-0.05, 0) is 79.6 Å². The molecule has 2 aromatic carbocycles. The van der Waals surface area contributed by atoms with E-state index in [1.54, 1.807) is 4.90 Å². The molecule has 0 spiro atoms. The van der Waals surface area contributed by atoms with Crippen LogP contribution in [0.15, 0.2) is 42.5 Å². The molecule has 2 aliphatic rings. The molecule has 162 valence electrons. The van der Waals surface area contributed by atoms with Crippen LogP contribution in [-0.2, 0) is 27.2 Å². The quantitative estimate of drug-likeness (QED) is 0.747. The Hall–Kier alpha value is -3.22. The molecule has 1 aliphatic carbocycles. The van der Waals surface area contributed by atoms with Crippen LogP contribution >= 0.6 is 0 Å². The number of amides is 2. The summed E-state index contributed by atoms with van der Waals surface area (Å²) in [4.78, 5) is 38.6. The van der Waals surface area contributed by atoms with Gasteiger partial charge in [0.05, 0.1) is 5.92 Å². The third-order valence-electron chi connectivity index (χ3n) is 5.93. The van der Waals surface area contributed by atoms with Crippen LogP contribution in [0.3, 0.4) is 0 Å². The molecule has 2 amide bonds. The number of likely N-dealkylation sites (tertiary alicyclic amines) is 1. The van der Waals surface area contributed by atoms with Crippen LogP contribution in [0.25, 0.3) is 0 Å². The van der Waals surface area contributed by atoms with Crippen molar-refractivity contribution in [2.45, 2.75) is 32.1 Å². The number of halogens is 1. The topological polar surface area (TPSA) is 75.7 Å². The molecule has 0 unspecified atom stereocenters. The lowest BCUT2D eigenvalue weighted by Crippen LogP contribution is -2.41. The van der Waals surface area contributed by atoms with Crippen molar-refractivity contribution in [2.24, 2.45) is 5.92 Å². The Morgan fingerprint density at radius 2 is 1.71 bits per heavy atom. The highest BCUT2D eigenvalue weighted by molar-refractivity contribution is 5.94. The first-order valence-electron chi connectivity index (χ1n) is 10.6. The van der Waals surface area contributed by atoms with Gasteiger partial charge in [0.25, 0.3) is 11.8 Å². The Morgan fingerprint density at radius 1 is 1.00 bits per heavy atom. The fourth-order valence-electron chi connectivity index (χ4n) is 4.19. The van der Waals surface area contributed by atoms with Crippen LogP contribution in [-0.4, -0.2) is 42.4 Å². The molecule has 1 saturated heterocycles. The SMILES string of the molecule is O=C(COC(=O)C1CCN(C(=O)c2ccc(F)cc2)CC1)Nc1ccc2c(c1)CCC2. The molecule has 0 radical (unpaired) electrons. The molecule has 0 bridgehead atoms. The molecule has 0 aromatic heterocycles. The van der Waals surface area contributed by atoms with E-state index in [-0.39, 0.29) is 24.3 Å². The smallest absolute Gasteiger partial charge is 0.309 e. The van der Waals surface area contributed by atoms with Gasteiger partial charge in [-0.25, -0.2) is 4.39 Å². The number of aryl methyl sites for hydroxylation is 2. The molecular formula is C24H25FN2O4. The fourth-order valence-corrected chi connectivity index (χ4v) is 4.19. The average Bonchev–Trinajstić information content (AvgIpc) is 3.25. The van der Waals surface area contributed by atoms with Gasteiger partial charge < -0.3 is 15.0 Å². The van der Waals surface area contributed by atoms with E-state index in [1.807, 2.05) is 18.2 Å². The number of hydrogen-bond acceptors (Lipinski definition) is 4. The second-order valence-electron chi connectivity index (χ2n) is 8.07. The van der Waals surface area contributed by atoms with Crippen molar-refractivity contribution in [1.29, 1.82) is 0 Å². The maximum Gasteiger partial charge on any atom is 0.309 e. The number of carbonyl (C=O) groups excluding carboxylic acids is 3. The normalized spacial score (nSPS) is 16.0. The maximum atomic E-state index is 13.0. The summed E-state index contributed by atoms with van der Waals surface area (Å²) in [6.07, 6.45) is 4.18. The second-order valence-corrected chi connectivity index (χ2v) is 8.07. The van der Waals surface area contributed by atoms with Crippen LogP contribution in [0.2, 0.25) is 0 Å². The van der Waals surface area contributed by atoms with Crippen LogP contribution in [0.1, 0.15) is 40.7 Å². The van der Waals surface area contributed by atoms with Gasteiger partial charge in [-0.15, -0.1) is 0 Å². The van der Waals surface area contributed by atoms with E-state index in [9.17, 15) is 18.8 Å². The molecule has 0 saturated carbocycles. The number of anilines is 1. The van der Waals surface area contributed by atoms with E-state index in [0.717, 1.165) is 19.3 Å². The number of esters is 1. The summed E-state index contributed by atoms with van der Waals surface area (Å²) >= 11 is 0. The summed E-state index contributed by atoms with van der Waals surface area (Å²) in [6, 6.07) is 11.3. The lowest BCUT2D eigenvalue weighted by Gasteiger charge is -2.31. The highest BCUT2D eigenvalue weighted by Gasteiger charge is 2.29. The minimum absolute atomic E-state index is 0.180. The molecule has 2 aromatic rings. The summed E-state index contributed by atoms with van der Waals surface area (Å²) in [6.45, 7) is 0.499. The van der Waals surface area contributed by atoms with E-state index in [4.69, 9.17) is 4.74 Å². The molecule has 1 fully saturated rings. The van der Waals surface area contributed by atoms with Gasteiger partial charge in [0.1, 0.15) is 5.82 Å². The number of benzene rings is 2. The molecule has 31 heavy (non-hydrogen) atoms. The van der Waals surface area contributed by atoms with Gasteiger partial charge in [0.15, 0.2) is 6.61 Å². The Labute approximate surface area is 180 Å². The lowest BCUT2D eigenvalue weighted by molar-refractivity contribution is -0.152. The maximum absolute atomic E-state index is 13.0. The average molecular weight is 424 g/mol. The second kappa shape index (κ2) is 9.29. The summed E-state index contributed by atoms with van der Waals surface area (Å²) in [5, 5.41) is 2.78. The van der Waals surface area contributed by atoms with E-state index < -0.39 is 11.8 Å². The van der Waals surface area contributed by atoms with Gasteiger partial charge >= 0.3 is 5.97 Å². The zero-order chi connectivity index (χ0) is 21.8. The van der Waals surface area contributed by atoms with Gasteiger partial charge in [-0.2, -0.15) is 0 Å². The van der Waals surface area contributed by atoms with Crippen LogP contribution < -0.4 is 5.32 Å². The van der Waals surface area contributed by atoms with Crippen molar-refractivity contribution < 1.29 is 23.5 Å². The summed E-state index contributed by atoms with van der Waals surface area (Å²) in [7, 11) is 0. The molecule has 1 aliphatic heterocycles. The van der Waals surface area contributed by atoms with Crippen molar-refractivity contribution in [3.63, 3.8) is 0 Å². The van der Waals surface area contributed by atoms with Crippen molar-refractivity contribution in [2.75, 3.05) is 25.0 Å². The Morgan fingerprint density at radius 3 is 2.45 bits per heavy atom. The number of nitrogens with one attached hydrogen (secondary N) is 1. The number of fused-ring (bicyclic) bond motifs is 1. The van der Waals surface area contributed by atoms with Crippen molar-refractivity contribution in [3.05, 3.63) is 65.0 Å². The molecular weight excluding hydrogens is 399 g/mol. The molecule has 6 nitrogen and oxygen atoms in total. The number of ether oxygens (including phenoxy) is 1. The fraction of sp³-hybridized carbons (Fsp3) is 0.375. The summed E-state index contributed by atoms with van der Waals surface area (Å²) in [5.41, 5.74) is 3.73. The standard InChI is InChI=1S/C24H25FN2O4/c25-20-7-4-17(5-8-20)23(29)27-12-10-18(11-13-27)24(30)31-15-22(28)26-21-9-6-16-2-1-3-19(16)14-21/h4-9,14,18H,1-3,10-13,15H2,(H,26,28). The Kier molecular flexibility index (Phi) is 6.30. The summed E-state index contributed by atoms with van der Waals surface area (Å²) in [5.74, 6) is -1.70. The zero-order valence-corrected chi connectivity index (χ0v) is 17.2. The van der Waals surface area contributed by atoms with E-state index >= 15 is 0 Å². The van der Waals surface area contributed by atoms with E-state index in [2.05, 4.69) is 5.32 Å². The molecule has 0 atom stereocenters. The van der Waals surface area contributed by atoms with E-state index in [0.29, 0.717) is 37.2 Å². The van der Waals surface area contributed by atoms with Crippen LogP contribution in [0, 0.1) is 11.7 Å². The van der Waals surface area contributed by atoms with Gasteiger partial charge in [-0.3, -0.25) is 14.4 Å². The van der Waals surface area contributed by atoms with Crippen molar-refractivity contribution in [1.82, 2.24) is 4.90 Å². The molecule has 1 N–H and O–H groups in total. The lowest BCUT2D eigenvalue weighted by atomic mass is 9.96. The van der Waals surface area contributed by atoms with E-state index in [1.165, 1.54) is 35.4 Å². The third kappa shape index (κ3) is 5.10. The van der Waals surface area contributed by atoms with Gasteiger partial charge in [-0.1, -0.05) is 6.07 Å². The Bertz CT molecular complexity index is 982. The predicted molar refractivity (Wildman–Crippen MR) is 113 cm³/mol. The molecule has 4 rings (SSSR count). The van der Waals surface area contributed by atoms with Crippen LogP contribution in [0.4, 0.5) is 10.1 Å². The van der Waals surface area contributed by atoms with Gasteiger partial charge in [0.2, 0.25) is 0 Å². The number of piperidine rings is 1. The molecule has 7 heteroatoms. The van der Waals surface area contributed by atoms with Crippen molar-refractivity contribution in [3.8, 4) is 0 Å². The number of nitrogens with zero attached hydrogens (tertiary/aromatic N) is 1. The number of carbonyl (C=O) groups is 3. The first-order valence-corrected chi connectivity index (χ1v) is 10.6. The van der Waals surface area contributed by atoms with Gasteiger partial charge in [0, 0.05) is 24.3 Å². The minimum Gasteiger partial charge on any atom is -0.455 e. The number of rotatable bonds is 5. The summed E-state index contributed by atoms with van der Waals surface area (Å²) < 4.78 is 18.2. The first-order chi connectivity index (χ1) is 15.0. The highest BCUT2D eigenvalue weighted by Crippen LogP contribution is 2.25. The first kappa shape index (κ1) is 21.0. The minimum atomic E-state index is -0.419. The molecule has 1 heterocycles. The van der Waals surface area contributed by atoms with Crippen molar-refractivity contribution >= 4 is 23.5 Å². The number of hydrogen-bond donors (Lipinski definition) is 1.